The number of ether oxygens (including phenoxy) is 2. The third-order valence-corrected chi connectivity index (χ3v) is 6.01. The van der Waals surface area contributed by atoms with Crippen LogP contribution in [0.4, 0.5) is 0 Å². The Kier molecular flexibility index (Phi) is 4.13. The summed E-state index contributed by atoms with van der Waals surface area (Å²) in [4.78, 5) is 13.7. The average Bonchev–Trinajstić information content (AvgIpc) is 3.20. The van der Waals surface area contributed by atoms with Crippen LogP contribution in [0, 0.1) is 6.92 Å². The van der Waals surface area contributed by atoms with Crippen molar-refractivity contribution < 1.29 is 18.8 Å². The molecule has 5 nitrogen and oxygen atoms in total. The summed E-state index contributed by atoms with van der Waals surface area (Å²) in [6.45, 7) is 4.28. The van der Waals surface area contributed by atoms with Gasteiger partial charge in [-0.05, 0) is 49.9 Å². The Morgan fingerprint density at radius 3 is 2.86 bits per heavy atom. The molecule has 0 radical (unpaired) electrons. The molecular formula is C23H24NO4+. The summed E-state index contributed by atoms with van der Waals surface area (Å²) in [7, 11) is 1.71. The Morgan fingerprint density at radius 1 is 1.18 bits per heavy atom. The molecule has 3 aromatic rings. The number of aryl methyl sites for hydroxylation is 2. The minimum absolute atomic E-state index is 0.178. The van der Waals surface area contributed by atoms with E-state index in [1.54, 1.807) is 7.11 Å². The second-order valence-electron chi connectivity index (χ2n) is 7.77. The third-order valence-electron chi connectivity index (χ3n) is 6.01. The lowest BCUT2D eigenvalue weighted by Crippen LogP contribution is -3.10. The summed E-state index contributed by atoms with van der Waals surface area (Å²) >= 11 is 0. The molecule has 0 saturated heterocycles. The molecule has 2 heterocycles. The van der Waals surface area contributed by atoms with E-state index in [4.69, 9.17) is 13.9 Å². The molecule has 0 spiro atoms. The zero-order valence-electron chi connectivity index (χ0n) is 16.3. The molecular weight excluding hydrogens is 354 g/mol. The molecule has 5 rings (SSSR count). The van der Waals surface area contributed by atoms with Gasteiger partial charge in [-0.25, -0.2) is 4.79 Å². The lowest BCUT2D eigenvalue weighted by Gasteiger charge is -2.28. The number of para-hydroxylation sites is 1. The summed E-state index contributed by atoms with van der Waals surface area (Å²) in [5, 5.41) is 1.09. The molecule has 0 bridgehead atoms. The van der Waals surface area contributed by atoms with E-state index >= 15 is 0 Å². The molecule has 1 aliphatic carbocycles. The van der Waals surface area contributed by atoms with Crippen molar-refractivity contribution in [3.8, 4) is 11.5 Å². The molecule has 0 amide bonds. The zero-order chi connectivity index (χ0) is 19.3. The number of quaternary nitrogens is 1. The Bertz CT molecular complexity index is 1130. The van der Waals surface area contributed by atoms with Gasteiger partial charge in [0.15, 0.2) is 0 Å². The van der Waals surface area contributed by atoms with Gasteiger partial charge in [-0.2, -0.15) is 0 Å². The first-order valence-electron chi connectivity index (χ1n) is 9.85. The van der Waals surface area contributed by atoms with Crippen molar-refractivity contribution in [2.75, 3.05) is 13.8 Å². The minimum Gasteiger partial charge on any atom is -0.496 e. The van der Waals surface area contributed by atoms with Crippen molar-refractivity contribution in [1.29, 1.82) is 0 Å². The molecule has 2 aromatic carbocycles. The van der Waals surface area contributed by atoms with E-state index in [1.807, 2.05) is 25.1 Å². The second-order valence-corrected chi connectivity index (χ2v) is 7.77. The van der Waals surface area contributed by atoms with Gasteiger partial charge in [0.25, 0.3) is 0 Å². The van der Waals surface area contributed by atoms with Crippen LogP contribution in [-0.4, -0.2) is 13.8 Å². The molecule has 144 valence electrons. The number of nitrogens with one attached hydrogen (secondary N) is 1. The van der Waals surface area contributed by atoms with Gasteiger partial charge in [0.1, 0.15) is 30.2 Å². The summed E-state index contributed by atoms with van der Waals surface area (Å²) in [6, 6.07) is 10.3. The number of benzene rings is 2. The summed E-state index contributed by atoms with van der Waals surface area (Å²) in [5.41, 5.74) is 5.85. The maximum Gasteiger partial charge on any atom is 0.339 e. The quantitative estimate of drug-likeness (QED) is 0.712. The van der Waals surface area contributed by atoms with Gasteiger partial charge in [0.05, 0.1) is 7.11 Å². The first-order valence-corrected chi connectivity index (χ1v) is 9.85. The van der Waals surface area contributed by atoms with E-state index in [9.17, 15) is 4.79 Å². The molecule has 2 aliphatic rings. The van der Waals surface area contributed by atoms with Crippen LogP contribution < -0.4 is 20.0 Å². The standard InChI is InChI=1S/C23H23NO4/c1-14-21-16(10-19-17-7-5-8-18(17)23(25)28-22(14)19)12-24(13-27-21)11-15-6-3-4-9-20(15)26-2/h3-4,6,9-10H,5,7-8,11-13H2,1-2H3/p+1. The van der Waals surface area contributed by atoms with Crippen molar-refractivity contribution in [2.45, 2.75) is 39.3 Å². The van der Waals surface area contributed by atoms with Crippen molar-refractivity contribution in [3.63, 3.8) is 0 Å². The topological polar surface area (TPSA) is 53.1 Å². The van der Waals surface area contributed by atoms with Crippen molar-refractivity contribution >= 4 is 11.0 Å². The number of hydrogen-bond acceptors (Lipinski definition) is 4. The molecule has 0 saturated carbocycles. The van der Waals surface area contributed by atoms with E-state index in [0.29, 0.717) is 12.3 Å². The van der Waals surface area contributed by atoms with Crippen LogP contribution in [-0.2, 0) is 25.9 Å². The fraction of sp³-hybridized carbons (Fsp3) is 0.348. The van der Waals surface area contributed by atoms with Gasteiger partial charge in [-0.15, -0.1) is 0 Å². The van der Waals surface area contributed by atoms with Gasteiger partial charge in [0, 0.05) is 27.6 Å². The summed E-state index contributed by atoms with van der Waals surface area (Å²) in [5.74, 6) is 1.78. The molecule has 1 atom stereocenters. The van der Waals surface area contributed by atoms with E-state index in [1.165, 1.54) is 21.6 Å². The van der Waals surface area contributed by atoms with E-state index in [0.717, 1.165) is 60.4 Å². The lowest BCUT2D eigenvalue weighted by molar-refractivity contribution is -0.945. The normalized spacial score (nSPS) is 17.9. The summed E-state index contributed by atoms with van der Waals surface area (Å²) < 4.78 is 17.3. The van der Waals surface area contributed by atoms with Gasteiger partial charge < -0.3 is 13.9 Å². The van der Waals surface area contributed by atoms with Crippen LogP contribution in [0.3, 0.4) is 0 Å². The maximum atomic E-state index is 12.3. The average molecular weight is 378 g/mol. The molecule has 1 aliphatic heterocycles. The molecule has 28 heavy (non-hydrogen) atoms. The highest BCUT2D eigenvalue weighted by molar-refractivity contribution is 5.87. The van der Waals surface area contributed by atoms with Gasteiger partial charge >= 0.3 is 5.63 Å². The highest BCUT2D eigenvalue weighted by Crippen LogP contribution is 2.36. The number of methoxy groups -OCH3 is 1. The number of hydrogen-bond donors (Lipinski definition) is 1. The highest BCUT2D eigenvalue weighted by atomic mass is 16.5. The second kappa shape index (κ2) is 6.67. The van der Waals surface area contributed by atoms with Gasteiger partial charge in [0.2, 0.25) is 6.73 Å². The van der Waals surface area contributed by atoms with Gasteiger partial charge in [-0.1, -0.05) is 12.1 Å². The molecule has 0 fully saturated rings. The van der Waals surface area contributed by atoms with Crippen LogP contribution in [0.1, 0.15) is 34.2 Å². The van der Waals surface area contributed by atoms with E-state index in [-0.39, 0.29) is 5.63 Å². The van der Waals surface area contributed by atoms with Crippen LogP contribution in [0.25, 0.3) is 11.0 Å². The first kappa shape index (κ1) is 17.3. The Balaban J connectivity index is 1.54. The zero-order valence-corrected chi connectivity index (χ0v) is 16.3. The van der Waals surface area contributed by atoms with Crippen molar-refractivity contribution in [1.82, 2.24) is 0 Å². The predicted octanol–water partition coefficient (Wildman–Crippen LogP) is 2.53. The Labute approximate surface area is 163 Å². The minimum atomic E-state index is -0.178. The van der Waals surface area contributed by atoms with Gasteiger partial charge in [-0.3, -0.25) is 4.90 Å². The third kappa shape index (κ3) is 2.69. The summed E-state index contributed by atoms with van der Waals surface area (Å²) in [6.07, 6.45) is 2.80. The van der Waals surface area contributed by atoms with Crippen molar-refractivity contribution in [2.24, 2.45) is 0 Å². The fourth-order valence-electron chi connectivity index (χ4n) is 4.69. The Morgan fingerprint density at radius 2 is 2.00 bits per heavy atom. The van der Waals surface area contributed by atoms with Crippen LogP contribution in [0.15, 0.2) is 39.5 Å². The fourth-order valence-corrected chi connectivity index (χ4v) is 4.69. The molecule has 1 N–H and O–H groups in total. The predicted molar refractivity (Wildman–Crippen MR) is 106 cm³/mol. The monoisotopic (exact) mass is 378 g/mol. The largest absolute Gasteiger partial charge is 0.496 e. The van der Waals surface area contributed by atoms with Crippen LogP contribution >= 0.6 is 0 Å². The van der Waals surface area contributed by atoms with E-state index in [2.05, 4.69) is 12.1 Å². The molecule has 1 aromatic heterocycles. The molecule has 5 heteroatoms. The Hall–Kier alpha value is -2.79. The van der Waals surface area contributed by atoms with Crippen LogP contribution in [0.2, 0.25) is 0 Å². The SMILES string of the molecule is COc1ccccc1C[NH+]1COc2c(cc3c4c(c(=O)oc3c2C)CCC4)C1. The number of fused-ring (bicyclic) bond motifs is 4. The first-order chi connectivity index (χ1) is 13.7. The molecule has 1 unspecified atom stereocenters. The maximum absolute atomic E-state index is 12.3. The number of rotatable bonds is 3. The highest BCUT2D eigenvalue weighted by Gasteiger charge is 2.28. The smallest absolute Gasteiger partial charge is 0.339 e. The van der Waals surface area contributed by atoms with Crippen molar-refractivity contribution in [3.05, 3.63) is 68.6 Å². The lowest BCUT2D eigenvalue weighted by atomic mass is 9.99. The van der Waals surface area contributed by atoms with E-state index < -0.39 is 0 Å². The van der Waals surface area contributed by atoms with Crippen LogP contribution in [0.5, 0.6) is 11.5 Å².